The topological polar surface area (TPSA) is 38.0 Å². The van der Waals surface area contributed by atoms with Gasteiger partial charge in [-0.25, -0.2) is 0 Å². The van der Waals surface area contributed by atoms with Gasteiger partial charge in [0, 0.05) is 6.04 Å². The summed E-state index contributed by atoms with van der Waals surface area (Å²) in [5.41, 5.74) is 3.53. The fraction of sp³-hybridized carbons (Fsp3) is 1.00. The van der Waals surface area contributed by atoms with Gasteiger partial charge in [0.25, 0.3) is 0 Å². The van der Waals surface area contributed by atoms with Crippen LogP contribution in [-0.2, 0) is 0 Å². The van der Waals surface area contributed by atoms with Crippen molar-refractivity contribution >= 4 is 0 Å². The predicted octanol–water partition coefficient (Wildman–Crippen LogP) is 3.37. The van der Waals surface area contributed by atoms with Crippen LogP contribution in [0.5, 0.6) is 0 Å². The maximum absolute atomic E-state index is 5.61. The Morgan fingerprint density at radius 2 is 1.73 bits per heavy atom. The van der Waals surface area contributed by atoms with Crippen molar-refractivity contribution in [2.45, 2.75) is 77.7 Å². The van der Waals surface area contributed by atoms with Gasteiger partial charge in [0.1, 0.15) is 0 Å². The van der Waals surface area contributed by atoms with Crippen molar-refractivity contribution < 1.29 is 0 Å². The maximum Gasteiger partial charge on any atom is 0.0264 e. The van der Waals surface area contributed by atoms with Crippen LogP contribution in [0, 0.1) is 5.41 Å². The number of rotatable bonds is 9. The fourth-order valence-corrected chi connectivity index (χ4v) is 2.31. The number of hydrogen-bond donors (Lipinski definition) is 2. The predicted molar refractivity (Wildman–Crippen MR) is 66.4 cm³/mol. The molecule has 0 aromatic heterocycles. The second-order valence-corrected chi connectivity index (χ2v) is 5.43. The van der Waals surface area contributed by atoms with Gasteiger partial charge in [-0.3, -0.25) is 11.3 Å². The zero-order valence-corrected chi connectivity index (χ0v) is 10.5. The number of hydrazine groups is 1. The van der Waals surface area contributed by atoms with Crippen LogP contribution in [0.3, 0.4) is 0 Å². The van der Waals surface area contributed by atoms with E-state index in [1.54, 1.807) is 0 Å². The van der Waals surface area contributed by atoms with Crippen LogP contribution in [0.25, 0.3) is 0 Å². The molecule has 1 fully saturated rings. The molecular formula is C13H28N2. The number of hydrogen-bond acceptors (Lipinski definition) is 2. The van der Waals surface area contributed by atoms with Gasteiger partial charge in [0.2, 0.25) is 0 Å². The van der Waals surface area contributed by atoms with E-state index in [0.717, 1.165) is 0 Å². The lowest BCUT2D eigenvalue weighted by Gasteiger charge is -2.22. The molecule has 0 radical (unpaired) electrons. The van der Waals surface area contributed by atoms with Crippen LogP contribution in [0.15, 0.2) is 0 Å². The molecule has 0 aromatic carbocycles. The summed E-state index contributed by atoms with van der Waals surface area (Å²) in [7, 11) is 0. The van der Waals surface area contributed by atoms with E-state index in [2.05, 4.69) is 19.3 Å². The van der Waals surface area contributed by atoms with Crippen molar-refractivity contribution in [2.75, 3.05) is 0 Å². The highest BCUT2D eigenvalue weighted by atomic mass is 15.2. The van der Waals surface area contributed by atoms with E-state index in [1.807, 2.05) is 0 Å². The average Bonchev–Trinajstić information content (AvgIpc) is 2.96. The van der Waals surface area contributed by atoms with Gasteiger partial charge in [-0.05, 0) is 24.7 Å². The second-order valence-electron chi connectivity index (χ2n) is 5.43. The van der Waals surface area contributed by atoms with E-state index >= 15 is 0 Å². The molecule has 0 spiro atoms. The Hall–Kier alpha value is -0.0800. The number of nitrogens with two attached hydrogens (primary N) is 1. The summed E-state index contributed by atoms with van der Waals surface area (Å²) in [5.74, 6) is 5.61. The summed E-state index contributed by atoms with van der Waals surface area (Å²) in [6, 6.07) is 0.559. The zero-order valence-electron chi connectivity index (χ0n) is 10.5. The first kappa shape index (κ1) is 13.0. The van der Waals surface area contributed by atoms with Crippen molar-refractivity contribution in [3.63, 3.8) is 0 Å². The Kier molecular flexibility index (Phi) is 5.62. The van der Waals surface area contributed by atoms with Crippen molar-refractivity contribution in [1.82, 2.24) is 5.43 Å². The van der Waals surface area contributed by atoms with Gasteiger partial charge in [0.05, 0.1) is 0 Å². The molecule has 0 heterocycles. The Balaban J connectivity index is 1.98. The molecule has 1 unspecified atom stereocenters. The van der Waals surface area contributed by atoms with Gasteiger partial charge in [0.15, 0.2) is 0 Å². The Morgan fingerprint density at radius 1 is 1.13 bits per heavy atom. The lowest BCUT2D eigenvalue weighted by molar-refractivity contribution is 0.331. The smallest absolute Gasteiger partial charge is 0.0264 e. The van der Waals surface area contributed by atoms with Gasteiger partial charge in [-0.1, -0.05) is 52.4 Å². The second kappa shape index (κ2) is 6.49. The average molecular weight is 212 g/mol. The SMILES string of the molecule is CCCCCCCCC(NN)C1(C)CC1. The van der Waals surface area contributed by atoms with Crippen molar-refractivity contribution in [2.24, 2.45) is 11.3 Å². The molecule has 15 heavy (non-hydrogen) atoms. The van der Waals surface area contributed by atoms with Gasteiger partial charge in [-0.15, -0.1) is 0 Å². The highest BCUT2D eigenvalue weighted by Crippen LogP contribution is 2.49. The van der Waals surface area contributed by atoms with E-state index in [1.165, 1.54) is 57.8 Å². The number of unbranched alkanes of at least 4 members (excludes halogenated alkanes) is 5. The molecular weight excluding hydrogens is 184 g/mol. The summed E-state index contributed by atoms with van der Waals surface area (Å²) in [6.07, 6.45) is 12.3. The quantitative estimate of drug-likeness (QED) is 0.349. The normalized spacial score (nSPS) is 20.2. The maximum atomic E-state index is 5.61. The van der Waals surface area contributed by atoms with Gasteiger partial charge in [-0.2, -0.15) is 0 Å². The van der Waals surface area contributed by atoms with E-state index in [4.69, 9.17) is 5.84 Å². The molecule has 0 aliphatic heterocycles. The van der Waals surface area contributed by atoms with E-state index in [-0.39, 0.29) is 0 Å². The zero-order chi connectivity index (χ0) is 11.1. The molecule has 2 heteroatoms. The third-order valence-electron chi connectivity index (χ3n) is 3.93. The highest BCUT2D eigenvalue weighted by Gasteiger charge is 2.43. The lowest BCUT2D eigenvalue weighted by atomic mass is 9.94. The minimum absolute atomic E-state index is 0.526. The monoisotopic (exact) mass is 212 g/mol. The third-order valence-corrected chi connectivity index (χ3v) is 3.93. The first-order valence-electron chi connectivity index (χ1n) is 6.69. The third kappa shape index (κ3) is 4.52. The van der Waals surface area contributed by atoms with Crippen molar-refractivity contribution in [3.05, 3.63) is 0 Å². The van der Waals surface area contributed by atoms with Crippen molar-refractivity contribution in [3.8, 4) is 0 Å². The molecule has 0 amide bonds. The van der Waals surface area contributed by atoms with Crippen molar-refractivity contribution in [1.29, 1.82) is 0 Å². The Morgan fingerprint density at radius 3 is 2.27 bits per heavy atom. The molecule has 0 bridgehead atoms. The summed E-state index contributed by atoms with van der Waals surface area (Å²) in [4.78, 5) is 0. The van der Waals surface area contributed by atoms with E-state index in [0.29, 0.717) is 11.5 Å². The fourth-order valence-electron chi connectivity index (χ4n) is 2.31. The molecule has 1 aliphatic rings. The number of nitrogens with one attached hydrogen (secondary N) is 1. The van der Waals surface area contributed by atoms with Crippen LogP contribution in [-0.4, -0.2) is 6.04 Å². The summed E-state index contributed by atoms with van der Waals surface area (Å²) >= 11 is 0. The highest BCUT2D eigenvalue weighted by molar-refractivity contribution is 4.97. The molecule has 0 saturated heterocycles. The van der Waals surface area contributed by atoms with Crippen LogP contribution in [0.1, 0.15) is 71.6 Å². The molecule has 1 saturated carbocycles. The van der Waals surface area contributed by atoms with Gasteiger partial charge < -0.3 is 0 Å². The molecule has 2 nitrogen and oxygen atoms in total. The summed E-state index contributed by atoms with van der Waals surface area (Å²) in [6.45, 7) is 4.62. The molecule has 1 aliphatic carbocycles. The Bertz CT molecular complexity index is 164. The van der Waals surface area contributed by atoms with Gasteiger partial charge >= 0.3 is 0 Å². The van der Waals surface area contributed by atoms with Crippen LogP contribution < -0.4 is 11.3 Å². The summed E-state index contributed by atoms with van der Waals surface area (Å²) in [5, 5.41) is 0. The van der Waals surface area contributed by atoms with E-state index < -0.39 is 0 Å². The molecule has 1 atom stereocenters. The first-order chi connectivity index (χ1) is 7.23. The molecule has 1 rings (SSSR count). The minimum Gasteiger partial charge on any atom is -0.271 e. The standard InChI is InChI=1S/C13H28N2/c1-3-4-5-6-7-8-9-12(15-14)13(2)10-11-13/h12,15H,3-11,14H2,1-2H3. The minimum atomic E-state index is 0.526. The first-order valence-corrected chi connectivity index (χ1v) is 6.69. The van der Waals surface area contributed by atoms with Crippen LogP contribution in [0.4, 0.5) is 0 Å². The molecule has 0 aromatic rings. The lowest BCUT2D eigenvalue weighted by Crippen LogP contribution is -2.40. The summed E-state index contributed by atoms with van der Waals surface area (Å²) < 4.78 is 0. The molecule has 90 valence electrons. The van der Waals surface area contributed by atoms with Crippen LogP contribution >= 0.6 is 0 Å². The van der Waals surface area contributed by atoms with Crippen LogP contribution in [0.2, 0.25) is 0 Å². The largest absolute Gasteiger partial charge is 0.271 e. The molecule has 3 N–H and O–H groups in total. The Labute approximate surface area is 95.0 Å². The van der Waals surface area contributed by atoms with E-state index in [9.17, 15) is 0 Å².